The van der Waals surface area contributed by atoms with Gasteiger partial charge in [-0.25, -0.2) is 4.98 Å². The molecule has 1 saturated heterocycles. The summed E-state index contributed by atoms with van der Waals surface area (Å²) >= 11 is 0. The molecular formula is C19H24N4O3. The fourth-order valence-corrected chi connectivity index (χ4v) is 2.96. The summed E-state index contributed by atoms with van der Waals surface area (Å²) in [6.07, 6.45) is 0. The maximum atomic E-state index is 12.9. The highest BCUT2D eigenvalue weighted by Crippen LogP contribution is 2.32. The molecule has 1 aromatic carbocycles. The molecule has 1 aliphatic rings. The summed E-state index contributed by atoms with van der Waals surface area (Å²) in [6, 6.07) is 9.05. The van der Waals surface area contributed by atoms with Crippen LogP contribution in [0.15, 0.2) is 30.3 Å². The Hall–Kier alpha value is -2.80. The van der Waals surface area contributed by atoms with Crippen LogP contribution < -0.4 is 15.2 Å². The van der Waals surface area contributed by atoms with Crippen molar-refractivity contribution in [2.75, 3.05) is 53.2 Å². The first-order chi connectivity index (χ1) is 12.5. The molecule has 1 amide bonds. The van der Waals surface area contributed by atoms with E-state index in [1.54, 1.807) is 31.3 Å². The zero-order valence-corrected chi connectivity index (χ0v) is 15.4. The van der Waals surface area contributed by atoms with E-state index in [-0.39, 0.29) is 5.91 Å². The molecule has 0 bridgehead atoms. The number of pyridine rings is 1. The predicted octanol–water partition coefficient (Wildman–Crippen LogP) is 1.74. The van der Waals surface area contributed by atoms with E-state index < -0.39 is 0 Å². The number of hydrogen-bond acceptors (Lipinski definition) is 6. The van der Waals surface area contributed by atoms with E-state index in [1.807, 2.05) is 25.2 Å². The third kappa shape index (κ3) is 3.57. The molecule has 1 aromatic heterocycles. The van der Waals surface area contributed by atoms with Crippen LogP contribution in [0.4, 0.5) is 5.69 Å². The zero-order chi connectivity index (χ0) is 18.7. The minimum absolute atomic E-state index is 0.127. The molecular weight excluding hydrogens is 332 g/mol. The summed E-state index contributed by atoms with van der Waals surface area (Å²) in [7, 11) is 5.22. The number of rotatable bonds is 4. The van der Waals surface area contributed by atoms with Crippen molar-refractivity contribution < 1.29 is 14.3 Å². The number of carbonyl (C=O) groups excluding carboxylic acids is 1. The van der Waals surface area contributed by atoms with E-state index in [2.05, 4.69) is 9.88 Å². The first-order valence-electron chi connectivity index (χ1n) is 8.50. The van der Waals surface area contributed by atoms with Gasteiger partial charge in [0.1, 0.15) is 0 Å². The van der Waals surface area contributed by atoms with Crippen molar-refractivity contribution in [1.29, 1.82) is 0 Å². The highest BCUT2D eigenvalue weighted by atomic mass is 16.5. The SMILES string of the molecule is COc1ccc(-c2ccc(N)c(C(=O)N3CCN(C)CC3)n2)cc1OC. The maximum absolute atomic E-state index is 12.9. The van der Waals surface area contributed by atoms with Gasteiger partial charge >= 0.3 is 0 Å². The number of hydrogen-bond donors (Lipinski definition) is 1. The van der Waals surface area contributed by atoms with Crippen LogP contribution in [0.5, 0.6) is 11.5 Å². The largest absolute Gasteiger partial charge is 0.493 e. The molecule has 2 heterocycles. The van der Waals surface area contributed by atoms with E-state index in [9.17, 15) is 4.79 Å². The van der Waals surface area contributed by atoms with Crippen LogP contribution in [0.25, 0.3) is 11.3 Å². The molecule has 138 valence electrons. The number of amides is 1. The molecule has 1 aliphatic heterocycles. The monoisotopic (exact) mass is 356 g/mol. The van der Waals surface area contributed by atoms with Gasteiger partial charge < -0.3 is 25.0 Å². The average molecular weight is 356 g/mol. The van der Waals surface area contributed by atoms with Crippen LogP contribution in [0.3, 0.4) is 0 Å². The van der Waals surface area contributed by atoms with Crippen molar-refractivity contribution in [3.05, 3.63) is 36.0 Å². The van der Waals surface area contributed by atoms with Gasteiger partial charge in [-0.1, -0.05) is 0 Å². The first-order valence-corrected chi connectivity index (χ1v) is 8.50. The second-order valence-corrected chi connectivity index (χ2v) is 6.30. The van der Waals surface area contributed by atoms with Gasteiger partial charge in [0, 0.05) is 31.7 Å². The van der Waals surface area contributed by atoms with Gasteiger partial charge in [-0.05, 0) is 37.4 Å². The van der Waals surface area contributed by atoms with E-state index in [4.69, 9.17) is 15.2 Å². The second kappa shape index (κ2) is 7.61. The predicted molar refractivity (Wildman–Crippen MR) is 101 cm³/mol. The third-order valence-corrected chi connectivity index (χ3v) is 4.60. The average Bonchev–Trinajstić information content (AvgIpc) is 2.68. The molecule has 2 N–H and O–H groups in total. The molecule has 2 aromatic rings. The Kier molecular flexibility index (Phi) is 5.27. The highest BCUT2D eigenvalue weighted by Gasteiger charge is 2.23. The highest BCUT2D eigenvalue weighted by molar-refractivity contribution is 5.97. The Labute approximate surface area is 153 Å². The number of piperazine rings is 1. The number of nitrogens with zero attached hydrogens (tertiary/aromatic N) is 3. The van der Waals surface area contributed by atoms with Crippen molar-refractivity contribution in [1.82, 2.24) is 14.8 Å². The van der Waals surface area contributed by atoms with Crippen LogP contribution in [0, 0.1) is 0 Å². The molecule has 1 fully saturated rings. The smallest absolute Gasteiger partial charge is 0.274 e. The minimum atomic E-state index is -0.127. The van der Waals surface area contributed by atoms with Gasteiger partial charge in [0.15, 0.2) is 17.2 Å². The maximum Gasteiger partial charge on any atom is 0.274 e. The van der Waals surface area contributed by atoms with E-state index in [0.29, 0.717) is 41.7 Å². The number of aromatic nitrogens is 1. The molecule has 0 spiro atoms. The Morgan fingerprint density at radius 2 is 1.73 bits per heavy atom. The number of carbonyl (C=O) groups is 1. The second-order valence-electron chi connectivity index (χ2n) is 6.30. The van der Waals surface area contributed by atoms with E-state index in [0.717, 1.165) is 18.7 Å². The normalized spacial score (nSPS) is 15.0. The summed E-state index contributed by atoms with van der Waals surface area (Å²) in [6.45, 7) is 3.05. The van der Waals surface area contributed by atoms with Crippen molar-refractivity contribution in [3.8, 4) is 22.8 Å². The third-order valence-electron chi connectivity index (χ3n) is 4.60. The zero-order valence-electron chi connectivity index (χ0n) is 15.4. The van der Waals surface area contributed by atoms with Crippen LogP contribution in [0.1, 0.15) is 10.5 Å². The molecule has 7 heteroatoms. The standard InChI is InChI=1S/C19H24N4O3/c1-22-8-10-23(11-9-22)19(24)18-14(20)5-6-15(21-18)13-4-7-16(25-2)17(12-13)26-3/h4-7,12H,8-11,20H2,1-3H3. The molecule has 0 unspecified atom stereocenters. The lowest BCUT2D eigenvalue weighted by Gasteiger charge is -2.32. The number of nitrogen functional groups attached to an aromatic ring is 1. The topological polar surface area (TPSA) is 80.9 Å². The summed E-state index contributed by atoms with van der Waals surface area (Å²) in [5.41, 5.74) is 8.21. The molecule has 0 aliphatic carbocycles. The number of methoxy groups -OCH3 is 2. The van der Waals surface area contributed by atoms with Crippen molar-refractivity contribution >= 4 is 11.6 Å². The fraction of sp³-hybridized carbons (Fsp3) is 0.368. The minimum Gasteiger partial charge on any atom is -0.493 e. The quantitative estimate of drug-likeness (QED) is 0.899. The molecule has 26 heavy (non-hydrogen) atoms. The van der Waals surface area contributed by atoms with Gasteiger partial charge in [-0.2, -0.15) is 0 Å². The fourth-order valence-electron chi connectivity index (χ4n) is 2.96. The Morgan fingerprint density at radius 3 is 2.38 bits per heavy atom. The summed E-state index contributed by atoms with van der Waals surface area (Å²) in [5, 5.41) is 0. The van der Waals surface area contributed by atoms with Crippen molar-refractivity contribution in [3.63, 3.8) is 0 Å². The van der Waals surface area contributed by atoms with E-state index >= 15 is 0 Å². The first kappa shape index (κ1) is 18.0. The van der Waals surface area contributed by atoms with Gasteiger partial charge in [-0.15, -0.1) is 0 Å². The molecule has 0 radical (unpaired) electrons. The Bertz CT molecular complexity index is 801. The van der Waals surface area contributed by atoms with E-state index in [1.165, 1.54) is 0 Å². The van der Waals surface area contributed by atoms with Crippen LogP contribution in [0.2, 0.25) is 0 Å². The molecule has 7 nitrogen and oxygen atoms in total. The van der Waals surface area contributed by atoms with Gasteiger partial charge in [0.2, 0.25) is 0 Å². The molecule has 3 rings (SSSR count). The Morgan fingerprint density at radius 1 is 1.04 bits per heavy atom. The van der Waals surface area contributed by atoms with Crippen LogP contribution in [-0.2, 0) is 0 Å². The van der Waals surface area contributed by atoms with Crippen LogP contribution >= 0.6 is 0 Å². The number of benzene rings is 1. The number of nitrogens with two attached hydrogens (primary N) is 1. The number of likely N-dealkylation sites (N-methyl/N-ethyl adjacent to an activating group) is 1. The van der Waals surface area contributed by atoms with Gasteiger partial charge in [0.25, 0.3) is 5.91 Å². The lowest BCUT2D eigenvalue weighted by Crippen LogP contribution is -2.47. The van der Waals surface area contributed by atoms with Gasteiger partial charge in [-0.3, -0.25) is 4.79 Å². The van der Waals surface area contributed by atoms with Crippen molar-refractivity contribution in [2.24, 2.45) is 0 Å². The summed E-state index contributed by atoms with van der Waals surface area (Å²) in [4.78, 5) is 21.4. The summed E-state index contributed by atoms with van der Waals surface area (Å²) in [5.74, 6) is 1.12. The number of anilines is 1. The summed E-state index contributed by atoms with van der Waals surface area (Å²) < 4.78 is 10.6. The Balaban J connectivity index is 1.91. The van der Waals surface area contributed by atoms with Crippen LogP contribution in [-0.4, -0.2) is 68.1 Å². The lowest BCUT2D eigenvalue weighted by atomic mass is 10.1. The molecule has 0 saturated carbocycles. The number of ether oxygens (including phenoxy) is 2. The van der Waals surface area contributed by atoms with Crippen molar-refractivity contribution in [2.45, 2.75) is 0 Å². The lowest BCUT2D eigenvalue weighted by molar-refractivity contribution is 0.0659. The van der Waals surface area contributed by atoms with Gasteiger partial charge in [0.05, 0.1) is 25.6 Å². The molecule has 0 atom stereocenters.